The van der Waals surface area contributed by atoms with E-state index in [4.69, 9.17) is 0 Å². The highest BCUT2D eigenvalue weighted by atomic mass is 16.2. The zero-order chi connectivity index (χ0) is 17.6. The first-order valence-corrected chi connectivity index (χ1v) is 8.88. The van der Waals surface area contributed by atoms with Crippen LogP contribution < -0.4 is 5.32 Å². The van der Waals surface area contributed by atoms with Gasteiger partial charge in [0.25, 0.3) is 0 Å². The van der Waals surface area contributed by atoms with Gasteiger partial charge < -0.3 is 15.1 Å². The quantitative estimate of drug-likeness (QED) is 0.874. The highest BCUT2D eigenvalue weighted by Crippen LogP contribution is 2.16. The molecule has 0 aliphatic carbocycles. The lowest BCUT2D eigenvalue weighted by Gasteiger charge is -2.19. The van der Waals surface area contributed by atoms with Gasteiger partial charge in [-0.1, -0.05) is 12.1 Å². The summed E-state index contributed by atoms with van der Waals surface area (Å²) in [4.78, 5) is 16.4. The van der Waals surface area contributed by atoms with Crippen molar-refractivity contribution < 1.29 is 4.79 Å². The number of nitrogens with one attached hydrogen (secondary N) is 1. The van der Waals surface area contributed by atoms with E-state index in [1.165, 1.54) is 5.56 Å². The number of hydrogen-bond acceptors (Lipinski definition) is 3. The van der Waals surface area contributed by atoms with Crippen LogP contribution in [0.5, 0.6) is 0 Å². The van der Waals surface area contributed by atoms with E-state index >= 15 is 0 Å². The predicted octanol–water partition coefficient (Wildman–Crippen LogP) is 2.01. The average Bonchev–Trinajstić information content (AvgIpc) is 3.26. The molecule has 3 rings (SSSR count). The van der Waals surface area contributed by atoms with Crippen molar-refractivity contribution in [3.8, 4) is 5.69 Å². The van der Waals surface area contributed by atoms with Crippen molar-refractivity contribution in [1.29, 1.82) is 0 Å². The molecular formula is C19H27N5O. The smallest absolute Gasteiger partial charge is 0.317 e. The van der Waals surface area contributed by atoms with Crippen LogP contribution in [0.25, 0.3) is 5.69 Å². The third kappa shape index (κ3) is 4.82. The number of benzene rings is 1. The Balaban J connectivity index is 1.41. The maximum absolute atomic E-state index is 12.3. The van der Waals surface area contributed by atoms with Crippen molar-refractivity contribution in [2.45, 2.75) is 12.8 Å². The largest absolute Gasteiger partial charge is 0.338 e. The normalized spacial score (nSPS) is 17.2. The van der Waals surface area contributed by atoms with Crippen molar-refractivity contribution in [2.75, 3.05) is 40.3 Å². The van der Waals surface area contributed by atoms with Crippen molar-refractivity contribution in [3.63, 3.8) is 0 Å². The van der Waals surface area contributed by atoms with Gasteiger partial charge in [-0.2, -0.15) is 5.10 Å². The predicted molar refractivity (Wildman–Crippen MR) is 98.9 cm³/mol. The van der Waals surface area contributed by atoms with Crippen molar-refractivity contribution >= 4 is 6.03 Å². The molecule has 6 heteroatoms. The lowest BCUT2D eigenvalue weighted by Crippen LogP contribution is -2.39. The zero-order valence-electron chi connectivity index (χ0n) is 15.1. The van der Waals surface area contributed by atoms with Crippen LogP contribution in [-0.2, 0) is 6.42 Å². The third-order valence-electron chi connectivity index (χ3n) is 4.59. The molecule has 1 aliphatic rings. The Labute approximate surface area is 149 Å². The highest BCUT2D eigenvalue weighted by molar-refractivity contribution is 5.74. The fraction of sp³-hybridized carbons (Fsp3) is 0.474. The number of hydrogen-bond donors (Lipinski definition) is 1. The molecule has 0 saturated carbocycles. The molecule has 1 atom stereocenters. The second-order valence-corrected chi connectivity index (χ2v) is 6.96. The van der Waals surface area contributed by atoms with Gasteiger partial charge in [-0.05, 0) is 56.6 Å². The highest BCUT2D eigenvalue weighted by Gasteiger charge is 2.26. The number of rotatable bonds is 6. The van der Waals surface area contributed by atoms with Crippen molar-refractivity contribution in [1.82, 2.24) is 24.9 Å². The summed E-state index contributed by atoms with van der Waals surface area (Å²) in [5.74, 6) is 0.593. The lowest BCUT2D eigenvalue weighted by molar-refractivity contribution is 0.205. The minimum absolute atomic E-state index is 0.0643. The summed E-state index contributed by atoms with van der Waals surface area (Å²) >= 11 is 0. The Morgan fingerprint density at radius 3 is 2.80 bits per heavy atom. The lowest BCUT2D eigenvalue weighted by atomic mass is 10.1. The number of likely N-dealkylation sites (tertiary alicyclic amines) is 1. The second kappa shape index (κ2) is 8.16. The summed E-state index contributed by atoms with van der Waals surface area (Å²) in [6.45, 7) is 3.44. The standard InChI is InChI=1S/C19H27N5O/c1-22(2)14-17-9-13-23(15-17)19(25)20-11-8-16-4-6-18(7-5-16)24-12-3-10-21-24/h3-7,10,12,17H,8-9,11,13-15H2,1-2H3,(H,20,25)/t17-/m1/s1. The number of carbonyl (C=O) groups is 1. The molecule has 0 bridgehead atoms. The molecule has 1 saturated heterocycles. The van der Waals surface area contributed by atoms with Gasteiger partial charge in [-0.15, -0.1) is 0 Å². The molecule has 2 aromatic rings. The van der Waals surface area contributed by atoms with Crippen LogP contribution in [0.3, 0.4) is 0 Å². The van der Waals surface area contributed by atoms with Gasteiger partial charge in [0.1, 0.15) is 0 Å². The Morgan fingerprint density at radius 2 is 2.12 bits per heavy atom. The molecule has 1 aromatic carbocycles. The monoisotopic (exact) mass is 341 g/mol. The summed E-state index contributed by atoms with van der Waals surface area (Å²) in [7, 11) is 4.17. The number of aromatic nitrogens is 2. The minimum atomic E-state index is 0.0643. The Bertz CT molecular complexity index is 666. The fourth-order valence-electron chi connectivity index (χ4n) is 3.35. The molecule has 0 radical (unpaired) electrons. The van der Waals surface area contributed by atoms with E-state index in [9.17, 15) is 4.79 Å². The SMILES string of the molecule is CN(C)C[C@H]1CCN(C(=O)NCCc2ccc(-n3cccn3)cc2)C1. The van der Waals surface area contributed by atoms with Gasteiger partial charge in [0.15, 0.2) is 0 Å². The van der Waals surface area contributed by atoms with Gasteiger partial charge in [0.2, 0.25) is 0 Å². The maximum atomic E-state index is 12.3. The van der Waals surface area contributed by atoms with Gasteiger partial charge in [0.05, 0.1) is 5.69 Å². The van der Waals surface area contributed by atoms with Crippen LogP contribution in [0.4, 0.5) is 4.79 Å². The molecular weight excluding hydrogens is 314 g/mol. The molecule has 0 spiro atoms. The van der Waals surface area contributed by atoms with Gasteiger partial charge >= 0.3 is 6.03 Å². The summed E-state index contributed by atoms with van der Waals surface area (Å²) < 4.78 is 1.84. The number of nitrogens with zero attached hydrogens (tertiary/aromatic N) is 4. The van der Waals surface area contributed by atoms with E-state index in [0.29, 0.717) is 12.5 Å². The Hall–Kier alpha value is -2.34. The van der Waals surface area contributed by atoms with Crippen LogP contribution in [-0.4, -0.2) is 65.9 Å². The summed E-state index contributed by atoms with van der Waals surface area (Å²) in [5.41, 5.74) is 2.25. The summed E-state index contributed by atoms with van der Waals surface area (Å²) in [5, 5.41) is 7.27. The zero-order valence-corrected chi connectivity index (χ0v) is 15.1. The number of amides is 2. The summed E-state index contributed by atoms with van der Waals surface area (Å²) in [6.07, 6.45) is 5.63. The second-order valence-electron chi connectivity index (χ2n) is 6.96. The van der Waals surface area contributed by atoms with Gasteiger partial charge in [-0.3, -0.25) is 0 Å². The molecule has 1 aromatic heterocycles. The first-order chi connectivity index (χ1) is 12.1. The van der Waals surface area contributed by atoms with E-state index in [1.54, 1.807) is 6.20 Å². The van der Waals surface area contributed by atoms with E-state index in [2.05, 4.69) is 53.7 Å². The first-order valence-electron chi connectivity index (χ1n) is 8.88. The number of urea groups is 1. The van der Waals surface area contributed by atoms with Crippen molar-refractivity contribution in [2.24, 2.45) is 5.92 Å². The molecule has 134 valence electrons. The van der Waals surface area contributed by atoms with E-state index in [-0.39, 0.29) is 6.03 Å². The summed E-state index contributed by atoms with van der Waals surface area (Å²) in [6, 6.07) is 10.3. The molecule has 1 N–H and O–H groups in total. The number of carbonyl (C=O) groups excluding carboxylic acids is 1. The fourth-order valence-corrected chi connectivity index (χ4v) is 3.35. The molecule has 0 unspecified atom stereocenters. The van der Waals surface area contributed by atoms with Crippen molar-refractivity contribution in [3.05, 3.63) is 48.3 Å². The minimum Gasteiger partial charge on any atom is -0.338 e. The van der Waals surface area contributed by atoms with Crippen LogP contribution in [0.15, 0.2) is 42.7 Å². The van der Waals surface area contributed by atoms with Crippen LogP contribution in [0, 0.1) is 5.92 Å². The molecule has 1 fully saturated rings. The topological polar surface area (TPSA) is 53.4 Å². The average molecular weight is 341 g/mol. The molecule has 2 amide bonds. The van der Waals surface area contributed by atoms with Crippen LogP contribution >= 0.6 is 0 Å². The molecule has 6 nitrogen and oxygen atoms in total. The van der Waals surface area contributed by atoms with E-state index < -0.39 is 0 Å². The van der Waals surface area contributed by atoms with Gasteiger partial charge in [0, 0.05) is 38.6 Å². The molecule has 1 aliphatic heterocycles. The Morgan fingerprint density at radius 1 is 1.32 bits per heavy atom. The van der Waals surface area contributed by atoms with Crippen LogP contribution in [0.2, 0.25) is 0 Å². The van der Waals surface area contributed by atoms with E-state index in [1.807, 2.05) is 21.8 Å². The first kappa shape index (κ1) is 17.5. The maximum Gasteiger partial charge on any atom is 0.317 e. The molecule has 25 heavy (non-hydrogen) atoms. The Kier molecular flexibility index (Phi) is 5.71. The van der Waals surface area contributed by atoms with E-state index in [0.717, 1.165) is 38.2 Å². The van der Waals surface area contributed by atoms with Crippen LogP contribution in [0.1, 0.15) is 12.0 Å². The third-order valence-corrected chi connectivity index (χ3v) is 4.59. The molecule has 2 heterocycles. The van der Waals surface area contributed by atoms with Gasteiger partial charge in [-0.25, -0.2) is 9.48 Å².